The predicted molar refractivity (Wildman–Crippen MR) is 108 cm³/mol. The molecule has 2 N–H and O–H groups in total. The van der Waals surface area contributed by atoms with Crippen LogP contribution in [0.1, 0.15) is 25.6 Å². The fraction of sp³-hybridized carbons (Fsp3) is 0.316. The first-order valence-electron chi connectivity index (χ1n) is 8.57. The summed E-state index contributed by atoms with van der Waals surface area (Å²) in [7, 11) is 1.58. The lowest BCUT2D eigenvalue weighted by Gasteiger charge is -2.15. The lowest BCUT2D eigenvalue weighted by atomic mass is 10.3. The van der Waals surface area contributed by atoms with Crippen LogP contribution in [0.5, 0.6) is 5.75 Å². The first-order chi connectivity index (χ1) is 12.9. The number of rotatable bonds is 6. The number of aromatic nitrogens is 3. The van der Waals surface area contributed by atoms with E-state index in [0.717, 1.165) is 5.69 Å². The van der Waals surface area contributed by atoms with Crippen molar-refractivity contribution in [3.05, 3.63) is 46.4 Å². The van der Waals surface area contributed by atoms with E-state index >= 15 is 0 Å². The number of thioether (sulfide) groups is 1. The maximum atomic E-state index is 12.8. The fourth-order valence-corrected chi connectivity index (χ4v) is 3.70. The van der Waals surface area contributed by atoms with Crippen molar-refractivity contribution in [2.24, 2.45) is 0 Å². The summed E-state index contributed by atoms with van der Waals surface area (Å²) in [5.41, 5.74) is 2.52. The van der Waals surface area contributed by atoms with Gasteiger partial charge in [-0.05, 0) is 39.0 Å². The molecule has 0 saturated heterocycles. The molecular formula is C19H22N4O3S. The normalized spacial score (nSPS) is 11.1. The molecule has 2 aromatic heterocycles. The number of amides is 1. The highest BCUT2D eigenvalue weighted by atomic mass is 32.2. The minimum atomic E-state index is -0.178. The molecule has 1 aromatic carbocycles. The second-order valence-electron chi connectivity index (χ2n) is 6.44. The molecule has 27 heavy (non-hydrogen) atoms. The molecular weight excluding hydrogens is 364 g/mol. The van der Waals surface area contributed by atoms with E-state index in [1.54, 1.807) is 23.8 Å². The second kappa shape index (κ2) is 7.87. The molecule has 0 aliphatic carbocycles. The number of carbonyl (C=O) groups is 1. The molecule has 0 radical (unpaired) electrons. The van der Waals surface area contributed by atoms with Crippen LogP contribution in [0.15, 0.2) is 40.3 Å². The van der Waals surface area contributed by atoms with Crippen LogP contribution in [0, 0.1) is 6.92 Å². The van der Waals surface area contributed by atoms with Crippen LogP contribution in [0.25, 0.3) is 11.0 Å². The van der Waals surface area contributed by atoms with Crippen molar-refractivity contribution in [1.29, 1.82) is 0 Å². The third-order valence-corrected chi connectivity index (χ3v) is 4.94. The van der Waals surface area contributed by atoms with E-state index in [0.29, 0.717) is 27.6 Å². The van der Waals surface area contributed by atoms with Gasteiger partial charge in [-0.2, -0.15) is 0 Å². The number of fused-ring (bicyclic) bond motifs is 1. The first-order valence-corrected chi connectivity index (χ1v) is 9.56. The molecule has 0 aliphatic heterocycles. The monoisotopic (exact) mass is 386 g/mol. The highest BCUT2D eigenvalue weighted by molar-refractivity contribution is 7.99. The van der Waals surface area contributed by atoms with Crippen LogP contribution in [-0.2, 0) is 4.79 Å². The zero-order chi connectivity index (χ0) is 19.6. The molecule has 8 heteroatoms. The summed E-state index contributed by atoms with van der Waals surface area (Å²) in [6.45, 7) is 5.73. The van der Waals surface area contributed by atoms with Gasteiger partial charge in [0.2, 0.25) is 5.91 Å². The number of aryl methyl sites for hydroxylation is 1. The molecule has 7 nitrogen and oxygen atoms in total. The Morgan fingerprint density at radius 2 is 2.15 bits per heavy atom. The maximum absolute atomic E-state index is 12.8. The van der Waals surface area contributed by atoms with Gasteiger partial charge in [0.1, 0.15) is 11.3 Å². The SMILES string of the molecule is COc1cccc(NC(=O)CSc2nc3cc(C)[nH]c3c(=O)n2C(C)C)c1. The molecule has 2 heterocycles. The standard InChI is InChI=1S/C19H22N4O3S/c1-11(2)23-18(25)17-15(8-12(3)20-17)22-19(23)27-10-16(24)21-13-6-5-7-14(9-13)26-4/h5-9,11,20H,10H2,1-4H3,(H,21,24). The number of aromatic amines is 1. The van der Waals surface area contributed by atoms with Gasteiger partial charge in [-0.3, -0.25) is 14.2 Å². The van der Waals surface area contributed by atoms with Gasteiger partial charge >= 0.3 is 0 Å². The van der Waals surface area contributed by atoms with Gasteiger partial charge in [0.05, 0.1) is 18.4 Å². The van der Waals surface area contributed by atoms with Crippen molar-refractivity contribution < 1.29 is 9.53 Å². The van der Waals surface area contributed by atoms with Gasteiger partial charge in [-0.1, -0.05) is 17.8 Å². The van der Waals surface area contributed by atoms with E-state index in [1.165, 1.54) is 11.8 Å². The van der Waals surface area contributed by atoms with Crippen LogP contribution in [0.4, 0.5) is 5.69 Å². The Morgan fingerprint density at radius 3 is 2.85 bits per heavy atom. The number of hydrogen-bond acceptors (Lipinski definition) is 5. The van der Waals surface area contributed by atoms with Crippen LogP contribution in [-0.4, -0.2) is 33.3 Å². The number of benzene rings is 1. The highest BCUT2D eigenvalue weighted by Crippen LogP contribution is 2.22. The smallest absolute Gasteiger partial charge is 0.278 e. The third-order valence-electron chi connectivity index (χ3n) is 3.99. The van der Waals surface area contributed by atoms with Gasteiger partial charge < -0.3 is 15.0 Å². The van der Waals surface area contributed by atoms with Crippen molar-refractivity contribution >= 4 is 34.4 Å². The molecule has 0 saturated carbocycles. The van der Waals surface area contributed by atoms with E-state index < -0.39 is 0 Å². The number of ether oxygens (including phenoxy) is 1. The molecule has 0 spiro atoms. The van der Waals surface area contributed by atoms with Crippen molar-refractivity contribution in [2.75, 3.05) is 18.2 Å². The molecule has 0 atom stereocenters. The highest BCUT2D eigenvalue weighted by Gasteiger charge is 2.16. The summed E-state index contributed by atoms with van der Waals surface area (Å²) >= 11 is 1.25. The third kappa shape index (κ3) is 4.16. The molecule has 3 rings (SSSR count). The average molecular weight is 386 g/mol. The molecule has 0 aliphatic rings. The van der Waals surface area contributed by atoms with Crippen molar-refractivity contribution in [2.45, 2.75) is 32.0 Å². The van der Waals surface area contributed by atoms with Gasteiger partial charge in [-0.15, -0.1) is 0 Å². The molecule has 0 bridgehead atoms. The van der Waals surface area contributed by atoms with Gasteiger partial charge in [0.25, 0.3) is 5.56 Å². The van der Waals surface area contributed by atoms with E-state index in [4.69, 9.17) is 4.74 Å². The first kappa shape index (κ1) is 19.0. The quantitative estimate of drug-likeness (QED) is 0.501. The van der Waals surface area contributed by atoms with E-state index in [1.807, 2.05) is 39.0 Å². The number of nitrogens with one attached hydrogen (secondary N) is 2. The van der Waals surface area contributed by atoms with Crippen LogP contribution >= 0.6 is 11.8 Å². The molecule has 142 valence electrons. The number of carbonyl (C=O) groups excluding carboxylic acids is 1. The number of nitrogens with zero attached hydrogens (tertiary/aromatic N) is 2. The number of methoxy groups -OCH3 is 1. The minimum absolute atomic E-state index is 0.0676. The average Bonchev–Trinajstić information content (AvgIpc) is 3.00. The van der Waals surface area contributed by atoms with Crippen molar-refractivity contribution in [3.8, 4) is 5.75 Å². The lowest BCUT2D eigenvalue weighted by molar-refractivity contribution is -0.113. The van der Waals surface area contributed by atoms with Gasteiger partial charge in [0.15, 0.2) is 5.16 Å². The number of anilines is 1. The Morgan fingerprint density at radius 1 is 1.37 bits per heavy atom. The molecule has 0 fully saturated rings. The Balaban J connectivity index is 1.80. The Hall–Kier alpha value is -2.74. The summed E-state index contributed by atoms with van der Waals surface area (Å²) < 4.78 is 6.77. The largest absolute Gasteiger partial charge is 0.497 e. The molecule has 1 amide bonds. The lowest BCUT2D eigenvalue weighted by Crippen LogP contribution is -2.25. The van der Waals surface area contributed by atoms with Crippen LogP contribution in [0.2, 0.25) is 0 Å². The van der Waals surface area contributed by atoms with Crippen LogP contribution < -0.4 is 15.6 Å². The van der Waals surface area contributed by atoms with E-state index in [9.17, 15) is 9.59 Å². The number of H-pyrrole nitrogens is 1. The van der Waals surface area contributed by atoms with Gasteiger partial charge in [0, 0.05) is 23.5 Å². The van der Waals surface area contributed by atoms with Crippen molar-refractivity contribution in [3.63, 3.8) is 0 Å². The summed E-state index contributed by atoms with van der Waals surface area (Å²) in [6.07, 6.45) is 0. The predicted octanol–water partition coefficient (Wildman–Crippen LogP) is 3.35. The fourth-order valence-electron chi connectivity index (χ4n) is 2.78. The summed E-state index contributed by atoms with van der Waals surface area (Å²) in [5.74, 6) is 0.637. The summed E-state index contributed by atoms with van der Waals surface area (Å²) in [5, 5.41) is 3.36. The van der Waals surface area contributed by atoms with Gasteiger partial charge in [-0.25, -0.2) is 4.98 Å². The van der Waals surface area contributed by atoms with E-state index in [2.05, 4.69) is 15.3 Å². The van der Waals surface area contributed by atoms with Crippen LogP contribution in [0.3, 0.4) is 0 Å². The number of hydrogen-bond donors (Lipinski definition) is 2. The Kier molecular flexibility index (Phi) is 5.55. The Bertz CT molecular complexity index is 1040. The topological polar surface area (TPSA) is 89.0 Å². The minimum Gasteiger partial charge on any atom is -0.497 e. The maximum Gasteiger partial charge on any atom is 0.278 e. The summed E-state index contributed by atoms with van der Waals surface area (Å²) in [6, 6.07) is 8.93. The summed E-state index contributed by atoms with van der Waals surface area (Å²) in [4.78, 5) is 32.7. The zero-order valence-corrected chi connectivity index (χ0v) is 16.5. The molecule has 3 aromatic rings. The molecule has 0 unspecified atom stereocenters. The zero-order valence-electron chi connectivity index (χ0n) is 15.7. The Labute approximate surface area is 161 Å². The second-order valence-corrected chi connectivity index (χ2v) is 7.39. The van der Waals surface area contributed by atoms with Crippen molar-refractivity contribution in [1.82, 2.24) is 14.5 Å². The van der Waals surface area contributed by atoms with E-state index in [-0.39, 0.29) is 23.3 Å².